The van der Waals surface area contributed by atoms with E-state index in [0.717, 1.165) is 37.3 Å². The summed E-state index contributed by atoms with van der Waals surface area (Å²) in [6.45, 7) is 4.59. The van der Waals surface area contributed by atoms with Gasteiger partial charge in [-0.25, -0.2) is 0 Å². The third-order valence-electron chi connectivity index (χ3n) is 3.81. The minimum atomic E-state index is 0.0819. The number of hydrogen-bond donors (Lipinski definition) is 2. The zero-order valence-electron chi connectivity index (χ0n) is 11.2. The Labute approximate surface area is 117 Å². The first kappa shape index (κ1) is 13.1. The number of nitrogens with one attached hydrogen (secondary N) is 2. The van der Waals surface area contributed by atoms with Crippen molar-refractivity contribution >= 4 is 17.2 Å². The van der Waals surface area contributed by atoms with E-state index in [9.17, 15) is 4.79 Å². The third-order valence-corrected chi connectivity index (χ3v) is 5.05. The van der Waals surface area contributed by atoms with E-state index in [1.54, 1.807) is 11.3 Å². The fraction of sp³-hybridized carbons (Fsp3) is 0.643. The number of ether oxygens (including phenoxy) is 1. The molecule has 1 aromatic heterocycles. The molecule has 2 unspecified atom stereocenters. The summed E-state index contributed by atoms with van der Waals surface area (Å²) in [5, 5.41) is 6.56. The molecule has 0 saturated carbocycles. The van der Waals surface area contributed by atoms with Crippen molar-refractivity contribution in [1.29, 1.82) is 0 Å². The molecule has 104 valence electrons. The summed E-state index contributed by atoms with van der Waals surface area (Å²) in [5.74, 6) is 0.0819. The number of rotatable bonds is 2. The first-order valence-corrected chi connectivity index (χ1v) is 7.77. The Morgan fingerprint density at radius 3 is 3.26 bits per heavy atom. The number of thiophene rings is 1. The van der Waals surface area contributed by atoms with Crippen LogP contribution in [-0.2, 0) is 17.8 Å². The topological polar surface area (TPSA) is 50.4 Å². The zero-order chi connectivity index (χ0) is 13.2. The highest BCUT2D eigenvalue weighted by molar-refractivity contribution is 7.14. The van der Waals surface area contributed by atoms with Gasteiger partial charge in [0.2, 0.25) is 0 Å². The van der Waals surface area contributed by atoms with E-state index < -0.39 is 0 Å². The van der Waals surface area contributed by atoms with Gasteiger partial charge in [-0.05, 0) is 37.9 Å². The lowest BCUT2D eigenvalue weighted by Gasteiger charge is -2.28. The number of amides is 1. The Hall–Kier alpha value is -0.910. The fourth-order valence-electron chi connectivity index (χ4n) is 2.78. The second kappa shape index (κ2) is 5.61. The molecule has 4 nitrogen and oxygen atoms in total. The third kappa shape index (κ3) is 2.99. The van der Waals surface area contributed by atoms with Crippen molar-refractivity contribution in [3.8, 4) is 0 Å². The maximum Gasteiger partial charge on any atom is 0.261 e. The Kier molecular flexibility index (Phi) is 3.86. The molecule has 19 heavy (non-hydrogen) atoms. The van der Waals surface area contributed by atoms with Gasteiger partial charge in [0.1, 0.15) is 0 Å². The van der Waals surface area contributed by atoms with Gasteiger partial charge in [-0.1, -0.05) is 0 Å². The summed E-state index contributed by atoms with van der Waals surface area (Å²) < 4.78 is 5.42. The Bertz CT molecular complexity index is 449. The van der Waals surface area contributed by atoms with Crippen LogP contribution in [0.5, 0.6) is 0 Å². The summed E-state index contributed by atoms with van der Waals surface area (Å²) >= 11 is 1.63. The average molecular weight is 280 g/mol. The Morgan fingerprint density at radius 1 is 1.58 bits per heavy atom. The molecule has 2 aliphatic heterocycles. The van der Waals surface area contributed by atoms with Crippen molar-refractivity contribution in [2.24, 2.45) is 0 Å². The van der Waals surface area contributed by atoms with Crippen LogP contribution in [0.2, 0.25) is 0 Å². The molecule has 1 aromatic rings. The summed E-state index contributed by atoms with van der Waals surface area (Å²) in [6.07, 6.45) is 2.97. The van der Waals surface area contributed by atoms with Crippen LogP contribution in [0, 0.1) is 0 Å². The van der Waals surface area contributed by atoms with Crippen LogP contribution in [0.25, 0.3) is 0 Å². The van der Waals surface area contributed by atoms with Crippen LogP contribution >= 0.6 is 11.3 Å². The smallest absolute Gasteiger partial charge is 0.261 e. The lowest BCUT2D eigenvalue weighted by molar-refractivity contribution is 0.0929. The SMILES string of the molecule is CC1CC(NC(=O)c2cc3c(s2)CCOC3)CCN1. The molecule has 1 saturated heterocycles. The predicted octanol–water partition coefficient (Wildman–Crippen LogP) is 1.69. The lowest BCUT2D eigenvalue weighted by atomic mass is 10.0. The number of fused-ring (bicyclic) bond motifs is 1. The highest BCUT2D eigenvalue weighted by Crippen LogP contribution is 2.27. The number of carbonyl (C=O) groups is 1. The molecule has 3 heterocycles. The van der Waals surface area contributed by atoms with Gasteiger partial charge in [0.05, 0.1) is 18.1 Å². The number of carbonyl (C=O) groups excluding carboxylic acids is 1. The molecule has 0 spiro atoms. The quantitative estimate of drug-likeness (QED) is 0.867. The molecule has 1 amide bonds. The van der Waals surface area contributed by atoms with E-state index >= 15 is 0 Å². The highest BCUT2D eigenvalue weighted by Gasteiger charge is 2.22. The van der Waals surface area contributed by atoms with E-state index in [1.807, 2.05) is 6.07 Å². The van der Waals surface area contributed by atoms with Crippen molar-refractivity contribution in [1.82, 2.24) is 10.6 Å². The van der Waals surface area contributed by atoms with Crippen LogP contribution in [0.3, 0.4) is 0 Å². The summed E-state index contributed by atoms with van der Waals surface area (Å²) in [7, 11) is 0. The molecule has 0 aromatic carbocycles. The monoisotopic (exact) mass is 280 g/mol. The van der Waals surface area contributed by atoms with E-state index in [0.29, 0.717) is 18.7 Å². The minimum absolute atomic E-state index is 0.0819. The molecular formula is C14H20N2O2S. The van der Waals surface area contributed by atoms with E-state index in [-0.39, 0.29) is 5.91 Å². The molecule has 2 N–H and O–H groups in total. The molecule has 2 aliphatic rings. The maximum atomic E-state index is 12.3. The fourth-order valence-corrected chi connectivity index (χ4v) is 3.83. The van der Waals surface area contributed by atoms with Crippen molar-refractivity contribution in [2.75, 3.05) is 13.2 Å². The number of piperidine rings is 1. The predicted molar refractivity (Wildman–Crippen MR) is 75.6 cm³/mol. The molecule has 5 heteroatoms. The number of hydrogen-bond acceptors (Lipinski definition) is 4. The first-order chi connectivity index (χ1) is 9.22. The molecule has 0 aliphatic carbocycles. The van der Waals surface area contributed by atoms with E-state index in [4.69, 9.17) is 4.74 Å². The van der Waals surface area contributed by atoms with Crippen LogP contribution in [0.15, 0.2) is 6.07 Å². The molecule has 1 fully saturated rings. The van der Waals surface area contributed by atoms with E-state index in [1.165, 1.54) is 10.4 Å². The molecule has 2 atom stereocenters. The molecule has 0 radical (unpaired) electrons. The summed E-state index contributed by atoms with van der Waals surface area (Å²) in [4.78, 5) is 14.4. The van der Waals surface area contributed by atoms with Crippen LogP contribution in [-0.4, -0.2) is 31.1 Å². The van der Waals surface area contributed by atoms with Crippen molar-refractivity contribution < 1.29 is 9.53 Å². The average Bonchev–Trinajstić information content (AvgIpc) is 2.82. The van der Waals surface area contributed by atoms with Crippen molar-refractivity contribution in [2.45, 2.75) is 44.9 Å². The van der Waals surface area contributed by atoms with Gasteiger partial charge in [0.25, 0.3) is 5.91 Å². The van der Waals surface area contributed by atoms with Crippen LogP contribution in [0.4, 0.5) is 0 Å². The van der Waals surface area contributed by atoms with Gasteiger partial charge < -0.3 is 15.4 Å². The molecule has 0 bridgehead atoms. The van der Waals surface area contributed by atoms with E-state index in [2.05, 4.69) is 17.6 Å². The normalized spacial score (nSPS) is 26.8. The van der Waals surface area contributed by atoms with Gasteiger partial charge in [-0.3, -0.25) is 4.79 Å². The molecular weight excluding hydrogens is 260 g/mol. The lowest BCUT2D eigenvalue weighted by Crippen LogP contribution is -2.46. The second-order valence-corrected chi connectivity index (χ2v) is 6.55. The van der Waals surface area contributed by atoms with Gasteiger partial charge in [0.15, 0.2) is 0 Å². The standard InChI is InChI=1S/C14H20N2O2S/c1-9-6-11(2-4-15-9)16-14(17)13-7-10-8-18-5-3-12(10)19-13/h7,9,11,15H,2-6,8H2,1H3,(H,16,17). The molecule has 3 rings (SSSR count). The second-order valence-electron chi connectivity index (χ2n) is 5.41. The Morgan fingerprint density at radius 2 is 2.47 bits per heavy atom. The Balaban J connectivity index is 1.65. The largest absolute Gasteiger partial charge is 0.376 e. The minimum Gasteiger partial charge on any atom is -0.376 e. The van der Waals surface area contributed by atoms with Gasteiger partial charge >= 0.3 is 0 Å². The first-order valence-electron chi connectivity index (χ1n) is 6.96. The highest BCUT2D eigenvalue weighted by atomic mass is 32.1. The van der Waals surface area contributed by atoms with Crippen LogP contribution in [0.1, 0.15) is 39.9 Å². The van der Waals surface area contributed by atoms with Crippen molar-refractivity contribution in [3.05, 3.63) is 21.4 Å². The van der Waals surface area contributed by atoms with Crippen LogP contribution < -0.4 is 10.6 Å². The van der Waals surface area contributed by atoms with Gasteiger partial charge in [-0.15, -0.1) is 11.3 Å². The van der Waals surface area contributed by atoms with Gasteiger partial charge in [-0.2, -0.15) is 0 Å². The summed E-state index contributed by atoms with van der Waals surface area (Å²) in [5.41, 5.74) is 1.19. The van der Waals surface area contributed by atoms with Crippen molar-refractivity contribution in [3.63, 3.8) is 0 Å². The zero-order valence-corrected chi connectivity index (χ0v) is 12.0. The maximum absolute atomic E-state index is 12.3. The van der Waals surface area contributed by atoms with Gasteiger partial charge in [0, 0.05) is 23.4 Å². The summed E-state index contributed by atoms with van der Waals surface area (Å²) in [6, 6.07) is 2.79.